The molecule has 0 spiro atoms. The van der Waals surface area contributed by atoms with Gasteiger partial charge in [0.05, 0.1) is 34.6 Å². The number of nitrogens with zero attached hydrogens (tertiary/aromatic N) is 3. The van der Waals surface area contributed by atoms with Crippen LogP contribution in [0.15, 0.2) is 72.8 Å². The van der Waals surface area contributed by atoms with Crippen molar-refractivity contribution in [1.82, 2.24) is 4.98 Å². The molecule has 1 aromatic heterocycles. The molecule has 4 aromatic rings. The van der Waals surface area contributed by atoms with Gasteiger partial charge in [0.1, 0.15) is 5.75 Å². The number of rotatable bonds is 4. The number of amides is 1. The molecule has 136 valence electrons. The summed E-state index contributed by atoms with van der Waals surface area (Å²) in [7, 11) is 1.57. The maximum absolute atomic E-state index is 13.4. The molecule has 0 aliphatic carbocycles. The molecule has 0 saturated carbocycles. The molecule has 0 unspecified atom stereocenters. The van der Waals surface area contributed by atoms with E-state index < -0.39 is 0 Å². The van der Waals surface area contributed by atoms with Crippen LogP contribution < -0.4 is 9.64 Å². The van der Waals surface area contributed by atoms with E-state index in [0.717, 1.165) is 10.2 Å². The van der Waals surface area contributed by atoms with E-state index in [0.29, 0.717) is 27.7 Å². The average molecular weight is 385 g/mol. The van der Waals surface area contributed by atoms with Crippen LogP contribution in [0.2, 0.25) is 0 Å². The lowest BCUT2D eigenvalue weighted by Gasteiger charge is -2.22. The third kappa shape index (κ3) is 3.20. The van der Waals surface area contributed by atoms with Crippen LogP contribution in [0.5, 0.6) is 5.75 Å². The van der Waals surface area contributed by atoms with Crippen LogP contribution in [0.3, 0.4) is 0 Å². The second kappa shape index (κ2) is 7.51. The van der Waals surface area contributed by atoms with Crippen molar-refractivity contribution in [2.24, 2.45) is 0 Å². The lowest BCUT2D eigenvalue weighted by atomic mass is 10.1. The SMILES string of the molecule is COc1ccccc1N(C(=O)c1ccc(C#N)cc1)c1nc2ccccc2s1. The largest absolute Gasteiger partial charge is 0.495 e. The van der Waals surface area contributed by atoms with Gasteiger partial charge in [0, 0.05) is 5.56 Å². The summed E-state index contributed by atoms with van der Waals surface area (Å²) in [5, 5.41) is 9.57. The molecular weight excluding hydrogens is 370 g/mol. The summed E-state index contributed by atoms with van der Waals surface area (Å²) in [6, 6.07) is 23.7. The smallest absolute Gasteiger partial charge is 0.264 e. The molecule has 1 amide bonds. The number of nitriles is 1. The Kier molecular flexibility index (Phi) is 4.75. The van der Waals surface area contributed by atoms with E-state index in [-0.39, 0.29) is 5.91 Å². The van der Waals surface area contributed by atoms with Gasteiger partial charge >= 0.3 is 0 Å². The quantitative estimate of drug-likeness (QED) is 0.487. The Morgan fingerprint density at radius 2 is 1.75 bits per heavy atom. The van der Waals surface area contributed by atoms with Crippen molar-refractivity contribution in [2.45, 2.75) is 0 Å². The highest BCUT2D eigenvalue weighted by molar-refractivity contribution is 7.22. The Morgan fingerprint density at radius 3 is 2.46 bits per heavy atom. The number of carbonyl (C=O) groups is 1. The van der Waals surface area contributed by atoms with Gasteiger partial charge in [0.25, 0.3) is 5.91 Å². The lowest BCUT2D eigenvalue weighted by Crippen LogP contribution is -2.26. The van der Waals surface area contributed by atoms with Crippen molar-refractivity contribution in [3.63, 3.8) is 0 Å². The van der Waals surface area contributed by atoms with Gasteiger partial charge in [-0.25, -0.2) is 9.88 Å². The monoisotopic (exact) mass is 385 g/mol. The van der Waals surface area contributed by atoms with Gasteiger partial charge < -0.3 is 4.74 Å². The van der Waals surface area contributed by atoms with Crippen LogP contribution in [0.25, 0.3) is 10.2 Å². The summed E-state index contributed by atoms with van der Waals surface area (Å²) in [6.07, 6.45) is 0. The van der Waals surface area contributed by atoms with Gasteiger partial charge in [-0.3, -0.25) is 4.79 Å². The number of aromatic nitrogens is 1. The normalized spacial score (nSPS) is 10.4. The minimum absolute atomic E-state index is 0.243. The van der Waals surface area contributed by atoms with Crippen LogP contribution in [-0.2, 0) is 0 Å². The molecule has 0 aliphatic heterocycles. The standard InChI is InChI=1S/C22H15N3O2S/c1-27-19-8-4-3-7-18(19)25(21(26)16-12-10-15(14-23)11-13-16)22-24-17-6-2-5-9-20(17)28-22/h2-13H,1H3. The highest BCUT2D eigenvalue weighted by Gasteiger charge is 2.25. The van der Waals surface area contributed by atoms with Gasteiger partial charge in [-0.15, -0.1) is 0 Å². The van der Waals surface area contributed by atoms with Gasteiger partial charge in [-0.1, -0.05) is 35.6 Å². The van der Waals surface area contributed by atoms with Gasteiger partial charge in [-0.2, -0.15) is 5.26 Å². The fraction of sp³-hybridized carbons (Fsp3) is 0.0455. The Morgan fingerprint density at radius 1 is 1.04 bits per heavy atom. The van der Waals surface area contributed by atoms with Crippen LogP contribution in [0, 0.1) is 11.3 Å². The molecule has 0 bridgehead atoms. The molecule has 0 radical (unpaired) electrons. The summed E-state index contributed by atoms with van der Waals surface area (Å²) >= 11 is 1.44. The summed E-state index contributed by atoms with van der Waals surface area (Å²) < 4.78 is 6.48. The number of ether oxygens (including phenoxy) is 1. The molecule has 0 fully saturated rings. The second-order valence-corrected chi connectivity index (χ2v) is 6.97. The maximum atomic E-state index is 13.4. The number of methoxy groups -OCH3 is 1. The van der Waals surface area contributed by atoms with Crippen LogP contribution in [-0.4, -0.2) is 18.0 Å². The molecule has 3 aromatic carbocycles. The van der Waals surface area contributed by atoms with E-state index in [4.69, 9.17) is 10.00 Å². The van der Waals surface area contributed by atoms with Crippen LogP contribution in [0.4, 0.5) is 10.8 Å². The number of para-hydroxylation sites is 3. The Hall–Kier alpha value is -3.69. The predicted octanol–water partition coefficient (Wildman–Crippen LogP) is 5.16. The fourth-order valence-corrected chi connectivity index (χ4v) is 3.86. The molecule has 0 atom stereocenters. The van der Waals surface area contributed by atoms with Crippen molar-refractivity contribution in [3.8, 4) is 11.8 Å². The van der Waals surface area contributed by atoms with Crippen molar-refractivity contribution >= 4 is 38.3 Å². The topological polar surface area (TPSA) is 66.2 Å². The van der Waals surface area contributed by atoms with Gasteiger partial charge in [0.15, 0.2) is 5.13 Å². The third-order valence-electron chi connectivity index (χ3n) is 4.26. The van der Waals surface area contributed by atoms with Crippen molar-refractivity contribution in [1.29, 1.82) is 5.26 Å². The molecule has 28 heavy (non-hydrogen) atoms. The van der Waals surface area contributed by atoms with E-state index in [1.54, 1.807) is 36.3 Å². The lowest BCUT2D eigenvalue weighted by molar-refractivity contribution is 0.0998. The highest BCUT2D eigenvalue weighted by atomic mass is 32.1. The number of benzene rings is 3. The van der Waals surface area contributed by atoms with Crippen LogP contribution in [0.1, 0.15) is 15.9 Å². The summed E-state index contributed by atoms with van der Waals surface area (Å²) in [5.74, 6) is 0.330. The molecule has 0 saturated heterocycles. The first kappa shape index (κ1) is 17.7. The molecule has 4 rings (SSSR count). The summed E-state index contributed by atoms with van der Waals surface area (Å²) in [4.78, 5) is 19.7. The van der Waals surface area contributed by atoms with E-state index in [2.05, 4.69) is 11.1 Å². The number of carbonyl (C=O) groups excluding carboxylic acids is 1. The highest BCUT2D eigenvalue weighted by Crippen LogP contribution is 2.38. The third-order valence-corrected chi connectivity index (χ3v) is 5.29. The Balaban J connectivity index is 1.87. The van der Waals surface area contributed by atoms with Crippen molar-refractivity contribution < 1.29 is 9.53 Å². The zero-order chi connectivity index (χ0) is 19.5. The number of hydrogen-bond acceptors (Lipinski definition) is 5. The van der Waals surface area contributed by atoms with Crippen molar-refractivity contribution in [2.75, 3.05) is 12.0 Å². The Labute approximate surface area is 166 Å². The number of thiazole rings is 1. The van der Waals surface area contributed by atoms with Gasteiger partial charge in [-0.05, 0) is 48.5 Å². The molecule has 0 aliphatic rings. The molecular formula is C22H15N3O2S. The number of hydrogen-bond donors (Lipinski definition) is 0. The maximum Gasteiger partial charge on any atom is 0.264 e. The molecule has 1 heterocycles. The first-order valence-electron chi connectivity index (χ1n) is 8.54. The van der Waals surface area contributed by atoms with E-state index in [1.165, 1.54) is 11.3 Å². The van der Waals surface area contributed by atoms with E-state index in [1.807, 2.05) is 48.5 Å². The zero-order valence-corrected chi connectivity index (χ0v) is 15.8. The predicted molar refractivity (Wildman–Crippen MR) is 110 cm³/mol. The summed E-state index contributed by atoms with van der Waals surface area (Å²) in [5.41, 5.74) is 2.40. The Bertz CT molecular complexity index is 1160. The number of anilines is 2. The molecule has 6 heteroatoms. The fourth-order valence-electron chi connectivity index (χ4n) is 2.89. The molecule has 0 N–H and O–H groups in total. The second-order valence-electron chi connectivity index (χ2n) is 5.97. The van der Waals surface area contributed by atoms with Crippen molar-refractivity contribution in [3.05, 3.63) is 83.9 Å². The zero-order valence-electron chi connectivity index (χ0n) is 15.0. The van der Waals surface area contributed by atoms with Crippen LogP contribution >= 0.6 is 11.3 Å². The number of fused-ring (bicyclic) bond motifs is 1. The van der Waals surface area contributed by atoms with Gasteiger partial charge in [0.2, 0.25) is 0 Å². The van der Waals surface area contributed by atoms with E-state index >= 15 is 0 Å². The summed E-state index contributed by atoms with van der Waals surface area (Å²) in [6.45, 7) is 0. The minimum Gasteiger partial charge on any atom is -0.495 e. The minimum atomic E-state index is -0.243. The van der Waals surface area contributed by atoms with E-state index in [9.17, 15) is 4.79 Å². The average Bonchev–Trinajstić information content (AvgIpc) is 3.18. The first-order chi connectivity index (χ1) is 13.7. The molecule has 5 nitrogen and oxygen atoms in total. The first-order valence-corrected chi connectivity index (χ1v) is 9.36.